The molecule has 0 spiro atoms. The zero-order chi connectivity index (χ0) is 21.2. The number of aromatic nitrogens is 3. The molecule has 0 radical (unpaired) electrons. The Labute approximate surface area is 176 Å². The molecule has 0 aliphatic heterocycles. The molecule has 0 bridgehead atoms. The van der Waals surface area contributed by atoms with E-state index in [4.69, 9.17) is 0 Å². The standard InChI is InChI=1S/C23H30N4OS/c1-7-20(26-29(28)23(4,5)6)19-15-21(27-16(2)13-14-17(27)3)24-25-22(19)18-11-9-8-10-12-18/h8-15,20,26H,7H2,1-6H3. The summed E-state index contributed by atoms with van der Waals surface area (Å²) in [5.74, 6) is 0.779. The molecule has 0 amide bonds. The fourth-order valence-corrected chi connectivity index (χ4v) is 4.20. The third kappa shape index (κ3) is 4.71. The highest BCUT2D eigenvalue weighted by molar-refractivity contribution is 7.90. The Morgan fingerprint density at radius 1 is 1.03 bits per heavy atom. The van der Waals surface area contributed by atoms with Gasteiger partial charge in [-0.3, -0.25) is 0 Å². The fourth-order valence-electron chi connectivity index (χ4n) is 3.29. The van der Waals surface area contributed by atoms with Gasteiger partial charge < -0.3 is 9.12 Å². The number of rotatable bonds is 6. The monoisotopic (exact) mass is 410 g/mol. The lowest BCUT2D eigenvalue weighted by atomic mass is 9.99. The summed E-state index contributed by atoms with van der Waals surface area (Å²) in [6, 6.07) is 16.2. The van der Waals surface area contributed by atoms with Crippen LogP contribution < -0.4 is 4.72 Å². The predicted octanol–water partition coefficient (Wildman–Crippen LogP) is 5.05. The van der Waals surface area contributed by atoms with Gasteiger partial charge in [-0.1, -0.05) is 37.3 Å². The van der Waals surface area contributed by atoms with Gasteiger partial charge in [-0.05, 0) is 59.2 Å². The van der Waals surface area contributed by atoms with Gasteiger partial charge in [0.05, 0.1) is 11.7 Å². The molecule has 29 heavy (non-hydrogen) atoms. The van der Waals surface area contributed by atoms with Crippen molar-refractivity contribution in [2.45, 2.75) is 58.8 Å². The van der Waals surface area contributed by atoms with Crippen molar-refractivity contribution in [3.8, 4) is 17.1 Å². The highest BCUT2D eigenvalue weighted by Crippen LogP contribution is 2.31. The minimum absolute atomic E-state index is 0.101. The number of hydrogen-bond donors (Lipinski definition) is 1. The van der Waals surface area contributed by atoms with Crippen LogP contribution in [-0.4, -0.2) is 24.1 Å². The maximum absolute atomic E-state index is 12.8. The topological polar surface area (TPSA) is 65.8 Å². The van der Waals surface area contributed by atoms with Crippen LogP contribution in [0.3, 0.4) is 0 Å². The molecule has 6 heteroatoms. The van der Waals surface area contributed by atoms with Crippen LogP contribution in [0.1, 0.15) is 57.1 Å². The van der Waals surface area contributed by atoms with E-state index in [1.807, 2.05) is 51.1 Å². The van der Waals surface area contributed by atoms with Crippen LogP contribution in [0.5, 0.6) is 0 Å². The van der Waals surface area contributed by atoms with Crippen LogP contribution in [0.2, 0.25) is 0 Å². The van der Waals surface area contributed by atoms with Crippen molar-refractivity contribution in [1.29, 1.82) is 0 Å². The minimum atomic E-state index is -1.19. The molecule has 154 valence electrons. The Morgan fingerprint density at radius 2 is 1.66 bits per heavy atom. The molecule has 0 aliphatic carbocycles. The SMILES string of the molecule is CCC(N[S+]([O-])C(C)(C)C)c1cc(-n2c(C)ccc2C)nnc1-c1ccccc1. The van der Waals surface area contributed by atoms with Crippen LogP contribution in [0.4, 0.5) is 0 Å². The zero-order valence-electron chi connectivity index (χ0n) is 18.1. The van der Waals surface area contributed by atoms with Crippen molar-refractivity contribution in [2.75, 3.05) is 0 Å². The Bertz CT molecular complexity index is 943. The summed E-state index contributed by atoms with van der Waals surface area (Å²) in [6.45, 7) is 12.1. The summed E-state index contributed by atoms with van der Waals surface area (Å²) in [4.78, 5) is 0. The number of hydrogen-bond acceptors (Lipinski definition) is 4. The van der Waals surface area contributed by atoms with Gasteiger partial charge in [0.15, 0.2) is 5.82 Å². The Hall–Kier alpha value is -2.15. The van der Waals surface area contributed by atoms with E-state index in [0.29, 0.717) is 0 Å². The lowest BCUT2D eigenvalue weighted by Gasteiger charge is -2.28. The number of aryl methyl sites for hydroxylation is 2. The molecule has 2 unspecified atom stereocenters. The first-order chi connectivity index (χ1) is 13.7. The second-order valence-electron chi connectivity index (χ2n) is 8.28. The van der Waals surface area contributed by atoms with E-state index in [2.05, 4.69) is 58.5 Å². The third-order valence-corrected chi connectivity index (χ3v) is 6.56. The smallest absolute Gasteiger partial charge is 0.160 e. The summed E-state index contributed by atoms with van der Waals surface area (Å²) in [7, 11) is 0. The quantitative estimate of drug-likeness (QED) is 0.577. The summed E-state index contributed by atoms with van der Waals surface area (Å²) in [6.07, 6.45) is 0.788. The van der Waals surface area contributed by atoms with Gasteiger partial charge in [-0.25, -0.2) is 0 Å². The molecule has 2 heterocycles. The summed E-state index contributed by atoms with van der Waals surface area (Å²) >= 11 is -1.19. The average molecular weight is 411 g/mol. The summed E-state index contributed by atoms with van der Waals surface area (Å²) in [5.41, 5.74) is 5.05. The van der Waals surface area contributed by atoms with E-state index >= 15 is 0 Å². The van der Waals surface area contributed by atoms with E-state index in [1.54, 1.807) is 0 Å². The molecule has 0 saturated carbocycles. The molecule has 5 nitrogen and oxygen atoms in total. The Balaban J connectivity index is 2.13. The van der Waals surface area contributed by atoms with E-state index in [0.717, 1.165) is 40.4 Å². The lowest BCUT2D eigenvalue weighted by molar-refractivity contribution is 0.518. The zero-order valence-corrected chi connectivity index (χ0v) is 18.9. The maximum atomic E-state index is 12.8. The van der Waals surface area contributed by atoms with Crippen molar-refractivity contribution in [1.82, 2.24) is 19.5 Å². The molecule has 2 aromatic heterocycles. The molecule has 3 aromatic rings. The van der Waals surface area contributed by atoms with Gasteiger partial charge >= 0.3 is 0 Å². The van der Waals surface area contributed by atoms with Crippen molar-refractivity contribution in [3.05, 3.63) is 65.5 Å². The van der Waals surface area contributed by atoms with Crippen LogP contribution >= 0.6 is 0 Å². The Morgan fingerprint density at radius 3 is 2.21 bits per heavy atom. The average Bonchev–Trinajstić information content (AvgIpc) is 3.03. The van der Waals surface area contributed by atoms with Gasteiger partial charge in [0.1, 0.15) is 4.75 Å². The summed E-state index contributed by atoms with van der Waals surface area (Å²) in [5, 5.41) is 9.15. The van der Waals surface area contributed by atoms with Gasteiger partial charge in [0.25, 0.3) is 0 Å². The largest absolute Gasteiger partial charge is 0.598 e. The van der Waals surface area contributed by atoms with Crippen molar-refractivity contribution < 1.29 is 4.55 Å². The van der Waals surface area contributed by atoms with E-state index in [1.165, 1.54) is 0 Å². The number of benzene rings is 1. The second kappa shape index (κ2) is 8.69. The molecule has 2 atom stereocenters. The molecular weight excluding hydrogens is 380 g/mol. The van der Waals surface area contributed by atoms with Crippen molar-refractivity contribution in [2.24, 2.45) is 0 Å². The fraction of sp³-hybridized carbons (Fsp3) is 0.391. The summed E-state index contributed by atoms with van der Waals surface area (Å²) < 4.78 is 17.9. The second-order valence-corrected chi connectivity index (χ2v) is 10.3. The van der Waals surface area contributed by atoms with Gasteiger partial charge in [0.2, 0.25) is 0 Å². The lowest BCUT2D eigenvalue weighted by Crippen LogP contribution is -2.41. The van der Waals surface area contributed by atoms with Crippen molar-refractivity contribution >= 4 is 11.4 Å². The number of nitrogens with zero attached hydrogens (tertiary/aromatic N) is 3. The highest BCUT2D eigenvalue weighted by atomic mass is 32.2. The molecule has 3 rings (SSSR count). The molecule has 0 saturated heterocycles. The van der Waals surface area contributed by atoms with Crippen LogP contribution in [0.25, 0.3) is 17.1 Å². The normalized spacial score (nSPS) is 14.0. The van der Waals surface area contributed by atoms with Crippen LogP contribution in [0.15, 0.2) is 48.5 Å². The first-order valence-electron chi connectivity index (χ1n) is 9.98. The molecule has 1 N–H and O–H groups in total. The molecule has 0 fully saturated rings. The van der Waals surface area contributed by atoms with E-state index in [9.17, 15) is 4.55 Å². The van der Waals surface area contributed by atoms with Crippen LogP contribution in [0, 0.1) is 13.8 Å². The first kappa shape index (κ1) is 21.6. The van der Waals surface area contributed by atoms with Crippen LogP contribution in [-0.2, 0) is 11.4 Å². The van der Waals surface area contributed by atoms with Crippen molar-refractivity contribution in [3.63, 3.8) is 0 Å². The highest BCUT2D eigenvalue weighted by Gasteiger charge is 2.31. The predicted molar refractivity (Wildman–Crippen MR) is 120 cm³/mol. The van der Waals surface area contributed by atoms with E-state index in [-0.39, 0.29) is 10.8 Å². The van der Waals surface area contributed by atoms with Gasteiger partial charge in [0, 0.05) is 33.9 Å². The minimum Gasteiger partial charge on any atom is -0.598 e. The molecule has 1 aromatic carbocycles. The molecular formula is C23H30N4OS. The van der Waals surface area contributed by atoms with E-state index < -0.39 is 11.4 Å². The van der Waals surface area contributed by atoms with Gasteiger partial charge in [-0.2, -0.15) is 0 Å². The number of nitrogens with one attached hydrogen (secondary N) is 1. The molecule has 0 aliphatic rings. The third-order valence-electron chi connectivity index (χ3n) is 4.95. The Kier molecular flexibility index (Phi) is 6.46. The first-order valence-corrected chi connectivity index (χ1v) is 11.1. The van der Waals surface area contributed by atoms with Gasteiger partial charge in [-0.15, -0.1) is 14.9 Å². The maximum Gasteiger partial charge on any atom is 0.160 e.